The third kappa shape index (κ3) is 2.26. The maximum Gasteiger partial charge on any atom is 0.358 e. The summed E-state index contributed by atoms with van der Waals surface area (Å²) in [6.07, 6.45) is -0.0144. The van der Waals surface area contributed by atoms with Crippen LogP contribution in [0.25, 0.3) is 0 Å². The first-order valence-electron chi connectivity index (χ1n) is 5.22. The van der Waals surface area contributed by atoms with Crippen molar-refractivity contribution in [2.24, 2.45) is 0 Å². The van der Waals surface area contributed by atoms with Crippen molar-refractivity contribution in [2.75, 3.05) is 6.61 Å². The monoisotopic (exact) mass is 363 g/mol. The number of ether oxygens (including phenoxy) is 2. The number of nitrogens with zero attached hydrogens (tertiary/aromatic N) is 1. The van der Waals surface area contributed by atoms with E-state index in [9.17, 15) is 4.79 Å². The van der Waals surface area contributed by atoms with Crippen molar-refractivity contribution >= 4 is 37.8 Å². The van der Waals surface area contributed by atoms with E-state index in [4.69, 9.17) is 9.47 Å². The van der Waals surface area contributed by atoms with Gasteiger partial charge in [0.05, 0.1) is 23.8 Å². The predicted octanol–water partition coefficient (Wildman–Crippen LogP) is 3.37. The second kappa shape index (κ2) is 5.04. The predicted molar refractivity (Wildman–Crippen MR) is 68.8 cm³/mol. The molecule has 0 bridgehead atoms. The van der Waals surface area contributed by atoms with Crippen LogP contribution in [0.3, 0.4) is 0 Å². The fraction of sp³-hybridized carbons (Fsp3) is 0.455. The number of rotatable bonds is 2. The van der Waals surface area contributed by atoms with Crippen LogP contribution in [0.5, 0.6) is 0 Å². The van der Waals surface area contributed by atoms with E-state index in [2.05, 4.69) is 36.8 Å². The second-order valence-electron chi connectivity index (χ2n) is 3.63. The molecule has 0 saturated heterocycles. The summed E-state index contributed by atoms with van der Waals surface area (Å²) < 4.78 is 11.8. The number of hydrogen-bond donors (Lipinski definition) is 0. The van der Waals surface area contributed by atoms with Gasteiger partial charge in [0.2, 0.25) is 0 Å². The van der Waals surface area contributed by atoms with Gasteiger partial charge in [-0.2, -0.15) is 0 Å². The average Bonchev–Trinajstić information content (AvgIpc) is 2.67. The maximum absolute atomic E-state index is 11.7. The molecule has 0 N–H and O–H groups in total. The minimum atomic E-state index is -0.428. The molecular weight excluding hydrogens is 354 g/mol. The molecule has 1 atom stereocenters. The van der Waals surface area contributed by atoms with Crippen molar-refractivity contribution in [3.05, 3.63) is 25.9 Å². The van der Waals surface area contributed by atoms with Gasteiger partial charge in [0.15, 0.2) is 5.69 Å². The van der Waals surface area contributed by atoms with E-state index in [0.717, 1.165) is 11.1 Å². The third-order valence-corrected chi connectivity index (χ3v) is 4.04. The number of pyridine rings is 1. The Morgan fingerprint density at radius 2 is 2.29 bits per heavy atom. The molecule has 6 heteroatoms. The molecule has 4 nitrogen and oxygen atoms in total. The smallest absolute Gasteiger partial charge is 0.358 e. The lowest BCUT2D eigenvalue weighted by molar-refractivity contribution is 0.0518. The summed E-state index contributed by atoms with van der Waals surface area (Å²) in [5.74, 6) is -0.428. The topological polar surface area (TPSA) is 48.4 Å². The quantitative estimate of drug-likeness (QED) is 0.596. The van der Waals surface area contributed by atoms with Crippen molar-refractivity contribution in [2.45, 2.75) is 26.6 Å². The number of carbonyl (C=O) groups is 1. The molecule has 1 aliphatic rings. The molecule has 2 heterocycles. The highest BCUT2D eigenvalue weighted by molar-refractivity contribution is 9.11. The number of halogens is 2. The second-order valence-corrected chi connectivity index (χ2v) is 5.18. The van der Waals surface area contributed by atoms with Gasteiger partial charge in [-0.05, 0) is 45.7 Å². The number of aromatic nitrogens is 1. The molecule has 0 radical (unpaired) electrons. The fourth-order valence-corrected chi connectivity index (χ4v) is 3.09. The van der Waals surface area contributed by atoms with Gasteiger partial charge < -0.3 is 9.47 Å². The maximum atomic E-state index is 11.7. The molecule has 1 aliphatic heterocycles. The summed E-state index contributed by atoms with van der Waals surface area (Å²) in [6.45, 7) is 4.52. The zero-order valence-electron chi connectivity index (χ0n) is 9.42. The van der Waals surface area contributed by atoms with Crippen LogP contribution in [-0.4, -0.2) is 17.6 Å². The van der Waals surface area contributed by atoms with Gasteiger partial charge in [0.1, 0.15) is 4.60 Å². The zero-order chi connectivity index (χ0) is 12.6. The van der Waals surface area contributed by atoms with Crippen LogP contribution in [0.1, 0.15) is 41.6 Å². The first-order valence-corrected chi connectivity index (χ1v) is 6.81. The van der Waals surface area contributed by atoms with Crippen LogP contribution >= 0.6 is 31.9 Å². The largest absolute Gasteiger partial charge is 0.461 e. The number of fused-ring (bicyclic) bond motifs is 1. The average molecular weight is 365 g/mol. The van der Waals surface area contributed by atoms with Crippen molar-refractivity contribution in [1.82, 2.24) is 4.98 Å². The molecule has 92 valence electrons. The standard InChI is InChI=1S/C11H11Br2NO3/c1-3-16-11(15)9-8(12)6-4-17-5(2)7(6)10(13)14-9/h5H,3-4H2,1-2H3. The highest BCUT2D eigenvalue weighted by Gasteiger charge is 2.29. The minimum absolute atomic E-state index is 0.0144. The van der Waals surface area contributed by atoms with Gasteiger partial charge in [-0.1, -0.05) is 0 Å². The first kappa shape index (κ1) is 13.0. The summed E-state index contributed by atoms with van der Waals surface area (Å²) in [5, 5.41) is 0. The molecule has 0 aromatic carbocycles. The van der Waals surface area contributed by atoms with Gasteiger partial charge in [-0.3, -0.25) is 0 Å². The third-order valence-electron chi connectivity index (χ3n) is 2.58. The summed E-state index contributed by atoms with van der Waals surface area (Å²) in [4.78, 5) is 16.0. The van der Waals surface area contributed by atoms with Crippen molar-refractivity contribution in [3.8, 4) is 0 Å². The zero-order valence-corrected chi connectivity index (χ0v) is 12.6. The van der Waals surface area contributed by atoms with Crippen LogP contribution in [-0.2, 0) is 16.1 Å². The molecule has 0 saturated carbocycles. The van der Waals surface area contributed by atoms with Gasteiger partial charge in [0.25, 0.3) is 0 Å². The van der Waals surface area contributed by atoms with Crippen LogP contribution in [0.4, 0.5) is 0 Å². The molecule has 2 rings (SSSR count). The minimum Gasteiger partial charge on any atom is -0.461 e. The molecule has 0 aliphatic carbocycles. The van der Waals surface area contributed by atoms with Gasteiger partial charge in [-0.25, -0.2) is 9.78 Å². The Bertz CT molecular complexity index is 476. The summed E-state index contributed by atoms with van der Waals surface area (Å²) in [6, 6.07) is 0. The number of esters is 1. The van der Waals surface area contributed by atoms with Crippen LogP contribution in [0, 0.1) is 0 Å². The van der Waals surface area contributed by atoms with Gasteiger partial charge in [0, 0.05) is 11.1 Å². The normalized spacial score (nSPS) is 18.0. The van der Waals surface area contributed by atoms with Crippen molar-refractivity contribution in [1.29, 1.82) is 0 Å². The highest BCUT2D eigenvalue weighted by atomic mass is 79.9. The Morgan fingerprint density at radius 3 is 2.94 bits per heavy atom. The SMILES string of the molecule is CCOC(=O)c1nc(Br)c2c(c1Br)COC2C. The van der Waals surface area contributed by atoms with Crippen molar-refractivity contribution < 1.29 is 14.3 Å². The lowest BCUT2D eigenvalue weighted by atomic mass is 10.1. The Morgan fingerprint density at radius 1 is 1.59 bits per heavy atom. The molecule has 17 heavy (non-hydrogen) atoms. The van der Waals surface area contributed by atoms with E-state index in [0.29, 0.717) is 22.3 Å². The van der Waals surface area contributed by atoms with E-state index in [1.54, 1.807) is 6.92 Å². The van der Waals surface area contributed by atoms with E-state index in [-0.39, 0.29) is 11.8 Å². The van der Waals surface area contributed by atoms with E-state index in [1.165, 1.54) is 0 Å². The van der Waals surface area contributed by atoms with Crippen molar-refractivity contribution in [3.63, 3.8) is 0 Å². The Labute approximate surface area is 116 Å². The van der Waals surface area contributed by atoms with Crippen LogP contribution < -0.4 is 0 Å². The molecular formula is C11H11Br2NO3. The summed E-state index contributed by atoms with van der Waals surface area (Å²) in [5.41, 5.74) is 2.24. The molecule has 1 aromatic rings. The lowest BCUT2D eigenvalue weighted by Crippen LogP contribution is -2.10. The van der Waals surface area contributed by atoms with Crippen LogP contribution in [0.15, 0.2) is 9.08 Å². The van der Waals surface area contributed by atoms with Gasteiger partial charge >= 0.3 is 5.97 Å². The van der Waals surface area contributed by atoms with E-state index >= 15 is 0 Å². The first-order chi connectivity index (χ1) is 8.06. The lowest BCUT2D eigenvalue weighted by Gasteiger charge is -2.10. The number of carbonyl (C=O) groups excluding carboxylic acids is 1. The molecule has 1 aromatic heterocycles. The molecule has 0 spiro atoms. The highest BCUT2D eigenvalue weighted by Crippen LogP contribution is 2.40. The van der Waals surface area contributed by atoms with E-state index in [1.807, 2.05) is 6.92 Å². The Balaban J connectivity index is 2.51. The summed E-state index contributed by atoms with van der Waals surface area (Å²) in [7, 11) is 0. The summed E-state index contributed by atoms with van der Waals surface area (Å²) >= 11 is 6.77. The van der Waals surface area contributed by atoms with E-state index < -0.39 is 5.97 Å². The molecule has 1 unspecified atom stereocenters. The Kier molecular flexibility index (Phi) is 3.85. The molecule has 0 fully saturated rings. The number of hydrogen-bond acceptors (Lipinski definition) is 4. The fourth-order valence-electron chi connectivity index (χ4n) is 1.77. The molecule has 0 amide bonds. The van der Waals surface area contributed by atoms with Gasteiger partial charge in [-0.15, -0.1) is 0 Å². The van der Waals surface area contributed by atoms with Crippen LogP contribution in [0.2, 0.25) is 0 Å². The Hall–Kier alpha value is -0.460.